The Hall–Kier alpha value is -1.50. The van der Waals surface area contributed by atoms with E-state index in [0.29, 0.717) is 18.1 Å². The van der Waals surface area contributed by atoms with Gasteiger partial charge in [0.15, 0.2) is 0 Å². The number of amides is 2. The molecule has 0 aromatic rings. The van der Waals surface area contributed by atoms with Gasteiger partial charge in [-0.2, -0.15) is 0 Å². The van der Waals surface area contributed by atoms with Gasteiger partial charge in [-0.1, -0.05) is 6.92 Å². The third kappa shape index (κ3) is 2.98. The highest BCUT2D eigenvalue weighted by molar-refractivity contribution is 5.71. The molecular formula is C20H33N3O4. The first-order valence-electron chi connectivity index (χ1n) is 10.6. The zero-order valence-corrected chi connectivity index (χ0v) is 16.9. The van der Waals surface area contributed by atoms with Gasteiger partial charge in [-0.15, -0.1) is 0 Å². The smallest absolute Gasteiger partial charge is 0.410 e. The number of ether oxygens (including phenoxy) is 2. The first-order valence-corrected chi connectivity index (χ1v) is 10.6. The lowest BCUT2D eigenvalue weighted by Crippen LogP contribution is -2.68. The van der Waals surface area contributed by atoms with Crippen LogP contribution in [0, 0.1) is 5.41 Å². The van der Waals surface area contributed by atoms with E-state index in [9.17, 15) is 9.59 Å². The van der Waals surface area contributed by atoms with Crippen molar-refractivity contribution in [1.82, 2.24) is 14.7 Å². The largest absolute Gasteiger partial charge is 0.450 e. The molecule has 27 heavy (non-hydrogen) atoms. The summed E-state index contributed by atoms with van der Waals surface area (Å²) in [6, 6.07) is 0.834. The molecule has 1 saturated carbocycles. The first-order chi connectivity index (χ1) is 13.0. The molecule has 152 valence electrons. The van der Waals surface area contributed by atoms with E-state index in [2.05, 4.69) is 11.8 Å². The van der Waals surface area contributed by atoms with Crippen LogP contribution in [0.4, 0.5) is 9.59 Å². The fraction of sp³-hybridized carbons (Fsp3) is 0.900. The van der Waals surface area contributed by atoms with Crippen molar-refractivity contribution in [2.45, 2.75) is 70.6 Å². The maximum atomic E-state index is 12.2. The molecule has 0 aromatic carbocycles. The average molecular weight is 380 g/mol. The zero-order valence-electron chi connectivity index (χ0n) is 16.9. The summed E-state index contributed by atoms with van der Waals surface area (Å²) in [5, 5.41) is 0. The lowest BCUT2D eigenvalue weighted by molar-refractivity contribution is -0.116. The van der Waals surface area contributed by atoms with Gasteiger partial charge in [-0.05, 0) is 33.1 Å². The number of likely N-dealkylation sites (N-methyl/N-ethyl adjacent to an activating group) is 1. The van der Waals surface area contributed by atoms with Gasteiger partial charge in [-0.3, -0.25) is 0 Å². The number of hydrogen-bond acceptors (Lipinski definition) is 5. The van der Waals surface area contributed by atoms with Gasteiger partial charge in [0, 0.05) is 57.0 Å². The van der Waals surface area contributed by atoms with E-state index in [1.807, 2.05) is 23.6 Å². The highest BCUT2D eigenvalue weighted by atomic mass is 16.6. The summed E-state index contributed by atoms with van der Waals surface area (Å²) in [5.74, 6) is 0. The Bertz CT molecular complexity index is 588. The molecule has 0 bridgehead atoms. The number of rotatable bonds is 4. The van der Waals surface area contributed by atoms with Crippen LogP contribution >= 0.6 is 0 Å². The predicted octanol–water partition coefficient (Wildman–Crippen LogP) is 2.69. The second kappa shape index (κ2) is 6.83. The summed E-state index contributed by atoms with van der Waals surface area (Å²) >= 11 is 0. The summed E-state index contributed by atoms with van der Waals surface area (Å²) in [7, 11) is 0. The van der Waals surface area contributed by atoms with Crippen LogP contribution in [0.25, 0.3) is 0 Å². The van der Waals surface area contributed by atoms with E-state index in [1.165, 1.54) is 12.8 Å². The van der Waals surface area contributed by atoms with Gasteiger partial charge in [0.05, 0.1) is 12.6 Å². The van der Waals surface area contributed by atoms with Gasteiger partial charge in [0.25, 0.3) is 0 Å². The van der Waals surface area contributed by atoms with E-state index in [-0.39, 0.29) is 23.8 Å². The van der Waals surface area contributed by atoms with Crippen molar-refractivity contribution in [3.05, 3.63) is 0 Å². The maximum absolute atomic E-state index is 12.2. The lowest BCUT2D eigenvalue weighted by atomic mass is 9.60. The number of carbonyl (C=O) groups is 2. The molecule has 0 aromatic heterocycles. The SMILES string of the molecule is CCOC(=O)N1CC2(CC(N3CCC4(CC3)OC(=O)N(CC)C4CC)C2)C1. The second-order valence-electron chi connectivity index (χ2n) is 8.80. The summed E-state index contributed by atoms with van der Waals surface area (Å²) in [5.41, 5.74) is 0.0499. The van der Waals surface area contributed by atoms with Gasteiger partial charge in [-0.25, -0.2) is 9.59 Å². The number of likely N-dealkylation sites (tertiary alicyclic amines) is 2. The van der Waals surface area contributed by atoms with Crippen molar-refractivity contribution in [3.63, 3.8) is 0 Å². The summed E-state index contributed by atoms with van der Waals surface area (Å²) in [6.07, 6.45) is 4.88. The molecule has 0 N–H and O–H groups in total. The van der Waals surface area contributed by atoms with Crippen LogP contribution in [0.15, 0.2) is 0 Å². The van der Waals surface area contributed by atoms with Crippen LogP contribution in [-0.4, -0.2) is 83.9 Å². The van der Waals surface area contributed by atoms with Crippen LogP contribution in [0.3, 0.4) is 0 Å². The van der Waals surface area contributed by atoms with Crippen molar-refractivity contribution in [2.24, 2.45) is 5.41 Å². The fourth-order valence-corrected chi connectivity index (χ4v) is 5.92. The third-order valence-corrected chi connectivity index (χ3v) is 7.31. The number of hydrogen-bond donors (Lipinski definition) is 0. The van der Waals surface area contributed by atoms with E-state index < -0.39 is 0 Å². The van der Waals surface area contributed by atoms with Gasteiger partial charge in [0.1, 0.15) is 5.60 Å². The summed E-state index contributed by atoms with van der Waals surface area (Å²) in [6.45, 7) is 10.9. The Morgan fingerprint density at radius 1 is 1.19 bits per heavy atom. The molecule has 4 rings (SSSR count). The van der Waals surface area contributed by atoms with Crippen LogP contribution < -0.4 is 0 Å². The molecule has 3 heterocycles. The quantitative estimate of drug-likeness (QED) is 0.752. The highest BCUT2D eigenvalue weighted by Gasteiger charge is 2.58. The average Bonchev–Trinajstić information content (AvgIpc) is 2.84. The Morgan fingerprint density at radius 2 is 1.85 bits per heavy atom. The van der Waals surface area contributed by atoms with Gasteiger partial charge >= 0.3 is 12.2 Å². The van der Waals surface area contributed by atoms with Crippen molar-refractivity contribution in [3.8, 4) is 0 Å². The molecule has 7 heteroatoms. The fourth-order valence-electron chi connectivity index (χ4n) is 5.92. The maximum Gasteiger partial charge on any atom is 0.410 e. The number of piperidine rings is 1. The molecule has 7 nitrogen and oxygen atoms in total. The van der Waals surface area contributed by atoms with Crippen molar-refractivity contribution >= 4 is 12.2 Å². The first kappa shape index (κ1) is 18.8. The summed E-state index contributed by atoms with van der Waals surface area (Å²) < 4.78 is 11.0. The summed E-state index contributed by atoms with van der Waals surface area (Å²) in [4.78, 5) is 30.3. The van der Waals surface area contributed by atoms with Crippen molar-refractivity contribution < 1.29 is 19.1 Å². The van der Waals surface area contributed by atoms with E-state index in [1.54, 1.807) is 0 Å². The van der Waals surface area contributed by atoms with Gasteiger partial charge < -0.3 is 24.2 Å². The molecule has 2 spiro atoms. The number of nitrogens with zero attached hydrogens (tertiary/aromatic N) is 3. The normalized spacial score (nSPS) is 29.6. The Morgan fingerprint density at radius 3 is 2.41 bits per heavy atom. The topological polar surface area (TPSA) is 62.3 Å². The molecule has 2 amide bonds. The second-order valence-corrected chi connectivity index (χ2v) is 8.80. The molecular weight excluding hydrogens is 346 g/mol. The minimum absolute atomic E-state index is 0.131. The van der Waals surface area contributed by atoms with Crippen LogP contribution in [0.5, 0.6) is 0 Å². The van der Waals surface area contributed by atoms with Crippen LogP contribution in [0.1, 0.15) is 52.9 Å². The van der Waals surface area contributed by atoms with Crippen molar-refractivity contribution in [1.29, 1.82) is 0 Å². The molecule has 4 aliphatic rings. The Kier molecular flexibility index (Phi) is 4.77. The molecule has 3 saturated heterocycles. The standard InChI is InChI=1S/C20H33N3O4/c1-4-16-20(27-18(25)23(16)5-2)7-9-21(10-8-20)15-11-19(12-15)13-22(14-19)17(24)26-6-3/h15-16H,4-14H2,1-3H3. The van der Waals surface area contributed by atoms with Crippen molar-refractivity contribution in [2.75, 3.05) is 39.3 Å². The van der Waals surface area contributed by atoms with E-state index in [4.69, 9.17) is 9.47 Å². The van der Waals surface area contributed by atoms with E-state index in [0.717, 1.165) is 52.0 Å². The minimum Gasteiger partial charge on any atom is -0.450 e. The predicted molar refractivity (Wildman–Crippen MR) is 101 cm³/mol. The molecule has 3 aliphatic heterocycles. The third-order valence-electron chi connectivity index (χ3n) is 7.31. The Balaban J connectivity index is 1.27. The Labute approximate surface area is 161 Å². The molecule has 4 fully saturated rings. The zero-order chi connectivity index (χ0) is 19.2. The monoisotopic (exact) mass is 379 g/mol. The van der Waals surface area contributed by atoms with E-state index >= 15 is 0 Å². The lowest BCUT2D eigenvalue weighted by Gasteiger charge is -2.61. The molecule has 1 atom stereocenters. The van der Waals surface area contributed by atoms with Gasteiger partial charge in [0.2, 0.25) is 0 Å². The molecule has 0 radical (unpaired) electrons. The highest BCUT2D eigenvalue weighted by Crippen LogP contribution is 2.51. The van der Waals surface area contributed by atoms with Crippen LogP contribution in [-0.2, 0) is 9.47 Å². The molecule has 1 unspecified atom stereocenters. The van der Waals surface area contributed by atoms with Crippen LogP contribution in [0.2, 0.25) is 0 Å². The number of carbonyl (C=O) groups excluding carboxylic acids is 2. The molecule has 1 aliphatic carbocycles. The minimum atomic E-state index is -0.281.